The van der Waals surface area contributed by atoms with E-state index in [4.69, 9.17) is 0 Å². The molecule has 1 saturated carbocycles. The number of H-pyrrole nitrogens is 1. The maximum atomic E-state index is 12.4. The Balaban J connectivity index is 1.62. The van der Waals surface area contributed by atoms with Crippen molar-refractivity contribution in [2.24, 2.45) is 5.92 Å². The highest BCUT2D eigenvalue weighted by Gasteiger charge is 2.18. The highest BCUT2D eigenvalue weighted by Crippen LogP contribution is 2.29. The fourth-order valence-electron chi connectivity index (χ4n) is 3.15. The zero-order chi connectivity index (χ0) is 15.6. The van der Waals surface area contributed by atoms with Crippen LogP contribution in [0.1, 0.15) is 29.6 Å². The summed E-state index contributed by atoms with van der Waals surface area (Å²) in [6.45, 7) is 0.801. The number of nitrogens with one attached hydrogen (secondary N) is 2. The lowest BCUT2D eigenvalue weighted by Gasteiger charge is -2.25. The van der Waals surface area contributed by atoms with Crippen LogP contribution >= 0.6 is 0 Å². The van der Waals surface area contributed by atoms with Crippen molar-refractivity contribution in [1.29, 1.82) is 0 Å². The van der Waals surface area contributed by atoms with Crippen molar-refractivity contribution in [3.05, 3.63) is 60.3 Å². The first-order valence-corrected chi connectivity index (χ1v) is 8.26. The monoisotopic (exact) mass is 304 g/mol. The van der Waals surface area contributed by atoms with Crippen LogP contribution < -0.4 is 5.32 Å². The van der Waals surface area contributed by atoms with Gasteiger partial charge in [0.2, 0.25) is 0 Å². The Morgan fingerprint density at radius 1 is 1.13 bits per heavy atom. The summed E-state index contributed by atoms with van der Waals surface area (Å²) < 4.78 is 0. The number of carbonyl (C=O) groups excluding carboxylic acids is 1. The Bertz CT molecular complexity index is 831. The Hall–Kier alpha value is -2.55. The molecule has 0 atom stereocenters. The molecule has 2 aromatic carbocycles. The van der Waals surface area contributed by atoms with Gasteiger partial charge in [0, 0.05) is 34.8 Å². The van der Waals surface area contributed by atoms with Gasteiger partial charge in [0.1, 0.15) is 0 Å². The lowest BCUT2D eigenvalue weighted by molar-refractivity contribution is 0.0939. The van der Waals surface area contributed by atoms with Crippen molar-refractivity contribution in [3.63, 3.8) is 0 Å². The molecule has 1 aliphatic rings. The van der Waals surface area contributed by atoms with Gasteiger partial charge < -0.3 is 10.3 Å². The molecule has 3 aromatic rings. The molecule has 0 unspecified atom stereocenters. The van der Waals surface area contributed by atoms with Gasteiger partial charge in [-0.15, -0.1) is 0 Å². The summed E-state index contributed by atoms with van der Waals surface area (Å²) in [6.07, 6.45) is 5.80. The van der Waals surface area contributed by atoms with Gasteiger partial charge in [-0.2, -0.15) is 0 Å². The third-order valence-corrected chi connectivity index (χ3v) is 4.80. The summed E-state index contributed by atoms with van der Waals surface area (Å²) in [4.78, 5) is 15.7. The van der Waals surface area contributed by atoms with Crippen molar-refractivity contribution < 1.29 is 4.79 Å². The Labute approximate surface area is 135 Å². The van der Waals surface area contributed by atoms with E-state index in [-0.39, 0.29) is 5.91 Å². The number of amides is 1. The number of benzene rings is 2. The van der Waals surface area contributed by atoms with Gasteiger partial charge in [-0.05, 0) is 42.5 Å². The van der Waals surface area contributed by atoms with Crippen LogP contribution in [0.4, 0.5) is 0 Å². The second kappa shape index (κ2) is 5.92. The lowest BCUT2D eigenvalue weighted by atomic mass is 9.85. The van der Waals surface area contributed by atoms with Crippen LogP contribution in [-0.4, -0.2) is 17.4 Å². The van der Waals surface area contributed by atoms with E-state index in [2.05, 4.69) is 22.4 Å². The van der Waals surface area contributed by atoms with Gasteiger partial charge in [0.05, 0.1) is 0 Å². The van der Waals surface area contributed by atoms with E-state index in [9.17, 15) is 4.79 Å². The Morgan fingerprint density at radius 3 is 2.70 bits per heavy atom. The molecule has 116 valence electrons. The van der Waals surface area contributed by atoms with Gasteiger partial charge in [-0.25, -0.2) is 0 Å². The Morgan fingerprint density at radius 2 is 1.96 bits per heavy atom. The number of carbonyl (C=O) groups is 1. The Kier molecular flexibility index (Phi) is 3.62. The molecule has 1 heterocycles. The zero-order valence-corrected chi connectivity index (χ0v) is 13.0. The number of rotatable bonds is 4. The predicted molar refractivity (Wildman–Crippen MR) is 93.4 cm³/mol. The zero-order valence-electron chi connectivity index (χ0n) is 13.0. The maximum absolute atomic E-state index is 12.4. The van der Waals surface area contributed by atoms with E-state index in [1.165, 1.54) is 19.3 Å². The minimum atomic E-state index is 0.0269. The summed E-state index contributed by atoms with van der Waals surface area (Å²) in [6, 6.07) is 16.1. The summed E-state index contributed by atoms with van der Waals surface area (Å²) in [5.41, 5.74) is 4.08. The molecule has 1 aromatic heterocycles. The topological polar surface area (TPSA) is 44.9 Å². The third kappa shape index (κ3) is 2.74. The maximum Gasteiger partial charge on any atom is 0.251 e. The second-order valence-electron chi connectivity index (χ2n) is 6.34. The molecule has 0 saturated heterocycles. The van der Waals surface area contributed by atoms with E-state index in [0.717, 1.165) is 34.1 Å². The first kappa shape index (κ1) is 14.1. The molecule has 4 rings (SSSR count). The van der Waals surface area contributed by atoms with Crippen molar-refractivity contribution in [2.45, 2.75) is 19.3 Å². The van der Waals surface area contributed by atoms with Crippen LogP contribution in [0.15, 0.2) is 54.7 Å². The number of aromatic nitrogens is 1. The minimum Gasteiger partial charge on any atom is -0.361 e. The standard InChI is InChI=1S/C20H20N2O/c23-20(22-12-14-5-4-6-14)16-9-10-19-17(11-16)18(13-21-19)15-7-2-1-3-8-15/h1-3,7-11,13-14,21H,4-6,12H2,(H,22,23). The highest BCUT2D eigenvalue weighted by atomic mass is 16.1. The molecule has 2 N–H and O–H groups in total. The van der Waals surface area contributed by atoms with Crippen LogP contribution in [-0.2, 0) is 0 Å². The first-order valence-electron chi connectivity index (χ1n) is 8.26. The summed E-state index contributed by atoms with van der Waals surface area (Å²) in [5, 5.41) is 4.16. The molecule has 0 radical (unpaired) electrons. The smallest absolute Gasteiger partial charge is 0.251 e. The summed E-state index contributed by atoms with van der Waals surface area (Å²) in [5.74, 6) is 0.703. The molecule has 0 bridgehead atoms. The van der Waals surface area contributed by atoms with Crippen LogP contribution in [0.5, 0.6) is 0 Å². The predicted octanol–water partition coefficient (Wildman–Crippen LogP) is 4.36. The molecule has 0 spiro atoms. The number of aromatic amines is 1. The molecule has 1 amide bonds. The van der Waals surface area contributed by atoms with Crippen LogP contribution in [0.2, 0.25) is 0 Å². The largest absolute Gasteiger partial charge is 0.361 e. The number of hydrogen-bond acceptors (Lipinski definition) is 1. The molecule has 3 nitrogen and oxygen atoms in total. The molecule has 23 heavy (non-hydrogen) atoms. The van der Waals surface area contributed by atoms with E-state index in [1.807, 2.05) is 42.6 Å². The summed E-state index contributed by atoms with van der Waals surface area (Å²) in [7, 11) is 0. The highest BCUT2D eigenvalue weighted by molar-refractivity contribution is 6.02. The SMILES string of the molecule is O=C(NCC1CCC1)c1ccc2[nH]cc(-c3ccccc3)c2c1. The molecule has 1 fully saturated rings. The average Bonchev–Trinajstić information content (AvgIpc) is 2.97. The van der Waals surface area contributed by atoms with Crippen LogP contribution in [0, 0.1) is 5.92 Å². The first-order chi connectivity index (χ1) is 11.3. The molecule has 0 aliphatic heterocycles. The van der Waals surface area contributed by atoms with Crippen LogP contribution in [0.25, 0.3) is 22.0 Å². The van der Waals surface area contributed by atoms with Crippen molar-refractivity contribution in [3.8, 4) is 11.1 Å². The quantitative estimate of drug-likeness (QED) is 0.739. The second-order valence-corrected chi connectivity index (χ2v) is 6.34. The average molecular weight is 304 g/mol. The number of fused-ring (bicyclic) bond motifs is 1. The van der Waals surface area contributed by atoms with E-state index >= 15 is 0 Å². The number of hydrogen-bond donors (Lipinski definition) is 2. The van der Waals surface area contributed by atoms with E-state index < -0.39 is 0 Å². The van der Waals surface area contributed by atoms with Gasteiger partial charge in [-0.3, -0.25) is 4.79 Å². The van der Waals surface area contributed by atoms with Crippen LogP contribution in [0.3, 0.4) is 0 Å². The van der Waals surface area contributed by atoms with Crippen molar-refractivity contribution in [2.75, 3.05) is 6.54 Å². The third-order valence-electron chi connectivity index (χ3n) is 4.80. The molecular weight excluding hydrogens is 284 g/mol. The normalized spacial score (nSPS) is 14.6. The molecular formula is C20H20N2O. The van der Waals surface area contributed by atoms with Gasteiger partial charge in [0.25, 0.3) is 5.91 Å². The fourth-order valence-corrected chi connectivity index (χ4v) is 3.15. The summed E-state index contributed by atoms with van der Waals surface area (Å²) >= 11 is 0. The van der Waals surface area contributed by atoms with Crippen molar-refractivity contribution in [1.82, 2.24) is 10.3 Å². The van der Waals surface area contributed by atoms with Gasteiger partial charge in [-0.1, -0.05) is 36.8 Å². The van der Waals surface area contributed by atoms with E-state index in [0.29, 0.717) is 5.92 Å². The molecule has 1 aliphatic carbocycles. The van der Waals surface area contributed by atoms with Gasteiger partial charge >= 0.3 is 0 Å². The van der Waals surface area contributed by atoms with E-state index in [1.54, 1.807) is 0 Å². The van der Waals surface area contributed by atoms with Gasteiger partial charge in [0.15, 0.2) is 0 Å². The molecule has 3 heteroatoms. The van der Waals surface area contributed by atoms with Crippen molar-refractivity contribution >= 4 is 16.8 Å². The lowest BCUT2D eigenvalue weighted by Crippen LogP contribution is -2.32. The minimum absolute atomic E-state index is 0.0269. The fraction of sp³-hybridized carbons (Fsp3) is 0.250.